The summed E-state index contributed by atoms with van der Waals surface area (Å²) in [6.07, 6.45) is 5.71. The number of urea groups is 1. The van der Waals surface area contributed by atoms with Crippen LogP contribution in [0, 0.1) is 0 Å². The second kappa shape index (κ2) is 8.02. The molecule has 5 heteroatoms. The fourth-order valence-corrected chi connectivity index (χ4v) is 2.54. The van der Waals surface area contributed by atoms with Gasteiger partial charge in [0.05, 0.1) is 0 Å². The van der Waals surface area contributed by atoms with Crippen LogP contribution < -0.4 is 10.6 Å². The number of rotatable bonds is 5. The van der Waals surface area contributed by atoms with E-state index >= 15 is 0 Å². The molecule has 1 rings (SSSR count). The molecule has 0 heterocycles. The maximum absolute atomic E-state index is 12.0. The van der Waals surface area contributed by atoms with Crippen LogP contribution in [0.25, 0.3) is 0 Å². The van der Waals surface area contributed by atoms with Crippen molar-refractivity contribution in [3.05, 3.63) is 0 Å². The van der Waals surface area contributed by atoms with Gasteiger partial charge in [0.1, 0.15) is 6.04 Å². The molecule has 0 aromatic rings. The van der Waals surface area contributed by atoms with E-state index in [2.05, 4.69) is 10.6 Å². The topological polar surface area (TPSA) is 61.4 Å². The zero-order valence-corrected chi connectivity index (χ0v) is 12.4. The number of nitrogens with zero attached hydrogens (tertiary/aromatic N) is 1. The van der Waals surface area contributed by atoms with Gasteiger partial charge in [-0.15, -0.1) is 0 Å². The number of hydrogen-bond donors (Lipinski definition) is 2. The van der Waals surface area contributed by atoms with Gasteiger partial charge < -0.3 is 15.5 Å². The van der Waals surface area contributed by atoms with E-state index in [0.29, 0.717) is 13.1 Å². The van der Waals surface area contributed by atoms with Crippen LogP contribution in [0.1, 0.15) is 52.9 Å². The zero-order valence-electron chi connectivity index (χ0n) is 12.4. The van der Waals surface area contributed by atoms with Crippen molar-refractivity contribution < 1.29 is 9.59 Å². The van der Waals surface area contributed by atoms with Gasteiger partial charge in [-0.3, -0.25) is 4.79 Å². The highest BCUT2D eigenvalue weighted by Gasteiger charge is 2.21. The second-order valence-corrected chi connectivity index (χ2v) is 5.18. The van der Waals surface area contributed by atoms with Gasteiger partial charge in [0.15, 0.2) is 0 Å². The summed E-state index contributed by atoms with van der Waals surface area (Å²) >= 11 is 0. The van der Waals surface area contributed by atoms with Gasteiger partial charge in [-0.1, -0.05) is 19.3 Å². The number of carbonyl (C=O) groups is 2. The Morgan fingerprint density at radius 3 is 2.26 bits per heavy atom. The van der Waals surface area contributed by atoms with Crippen molar-refractivity contribution in [2.24, 2.45) is 0 Å². The van der Waals surface area contributed by atoms with E-state index in [9.17, 15) is 9.59 Å². The Labute approximate surface area is 116 Å². The fraction of sp³-hybridized carbons (Fsp3) is 0.857. The highest BCUT2D eigenvalue weighted by molar-refractivity contribution is 5.86. The van der Waals surface area contributed by atoms with E-state index in [-0.39, 0.29) is 18.0 Å². The molecule has 3 amide bonds. The van der Waals surface area contributed by atoms with Crippen molar-refractivity contribution in [1.29, 1.82) is 0 Å². The minimum absolute atomic E-state index is 0.0243. The molecule has 1 saturated carbocycles. The third-order valence-electron chi connectivity index (χ3n) is 3.73. The van der Waals surface area contributed by atoms with Crippen LogP contribution in [0.4, 0.5) is 4.79 Å². The monoisotopic (exact) mass is 269 g/mol. The first-order chi connectivity index (χ1) is 9.08. The quantitative estimate of drug-likeness (QED) is 0.800. The molecule has 0 aromatic carbocycles. The van der Waals surface area contributed by atoms with Crippen LogP contribution in [0.2, 0.25) is 0 Å². The van der Waals surface area contributed by atoms with Crippen molar-refractivity contribution >= 4 is 11.9 Å². The number of likely N-dealkylation sites (N-methyl/N-ethyl adjacent to an activating group) is 1. The maximum atomic E-state index is 12.0. The lowest BCUT2D eigenvalue weighted by Gasteiger charge is -2.26. The molecule has 1 aliphatic carbocycles. The highest BCUT2D eigenvalue weighted by Crippen LogP contribution is 2.17. The minimum Gasteiger partial charge on any atom is -0.341 e. The van der Waals surface area contributed by atoms with Gasteiger partial charge in [0.25, 0.3) is 0 Å². The minimum atomic E-state index is -0.469. The Kier molecular flexibility index (Phi) is 6.67. The van der Waals surface area contributed by atoms with E-state index in [4.69, 9.17) is 0 Å². The zero-order chi connectivity index (χ0) is 14.3. The summed E-state index contributed by atoms with van der Waals surface area (Å²) in [7, 11) is 0. The molecule has 1 unspecified atom stereocenters. The van der Waals surface area contributed by atoms with Gasteiger partial charge in [-0.25, -0.2) is 4.79 Å². The van der Waals surface area contributed by atoms with E-state index < -0.39 is 6.04 Å². The molecule has 0 spiro atoms. The van der Waals surface area contributed by atoms with Crippen molar-refractivity contribution in [3.8, 4) is 0 Å². The molecule has 5 nitrogen and oxygen atoms in total. The van der Waals surface area contributed by atoms with Gasteiger partial charge in [0, 0.05) is 19.1 Å². The summed E-state index contributed by atoms with van der Waals surface area (Å²) in [5, 5.41) is 5.69. The van der Waals surface area contributed by atoms with Gasteiger partial charge in [-0.2, -0.15) is 0 Å². The first-order valence-electron chi connectivity index (χ1n) is 7.44. The summed E-state index contributed by atoms with van der Waals surface area (Å²) in [6, 6.07) is -0.423. The summed E-state index contributed by atoms with van der Waals surface area (Å²) in [6.45, 7) is 6.96. The molecular weight excluding hydrogens is 242 g/mol. The number of hydrogen-bond acceptors (Lipinski definition) is 2. The molecule has 2 N–H and O–H groups in total. The van der Waals surface area contributed by atoms with Gasteiger partial charge in [0.2, 0.25) is 5.91 Å². The summed E-state index contributed by atoms with van der Waals surface area (Å²) < 4.78 is 0. The third-order valence-corrected chi connectivity index (χ3v) is 3.73. The predicted molar refractivity (Wildman–Crippen MR) is 75.9 cm³/mol. The van der Waals surface area contributed by atoms with Crippen LogP contribution in [0.5, 0.6) is 0 Å². The van der Waals surface area contributed by atoms with Gasteiger partial charge in [-0.05, 0) is 33.6 Å². The fourth-order valence-electron chi connectivity index (χ4n) is 2.54. The average Bonchev–Trinajstić information content (AvgIpc) is 2.40. The normalized spacial score (nSPS) is 17.6. The molecule has 1 aliphatic rings. The second-order valence-electron chi connectivity index (χ2n) is 5.18. The number of carbonyl (C=O) groups excluding carboxylic acids is 2. The van der Waals surface area contributed by atoms with Crippen LogP contribution in [-0.2, 0) is 4.79 Å². The Hall–Kier alpha value is -1.26. The molecule has 1 atom stereocenters. The summed E-state index contributed by atoms with van der Waals surface area (Å²) in [4.78, 5) is 25.6. The van der Waals surface area contributed by atoms with Crippen molar-refractivity contribution in [2.75, 3.05) is 13.1 Å². The van der Waals surface area contributed by atoms with Crippen LogP contribution in [0.3, 0.4) is 0 Å². The molecule has 0 radical (unpaired) electrons. The first-order valence-corrected chi connectivity index (χ1v) is 7.44. The summed E-state index contributed by atoms with van der Waals surface area (Å²) in [5.74, 6) is -0.0243. The van der Waals surface area contributed by atoms with Crippen molar-refractivity contribution in [1.82, 2.24) is 15.5 Å². The highest BCUT2D eigenvalue weighted by atomic mass is 16.2. The lowest BCUT2D eigenvalue weighted by Crippen LogP contribution is -2.51. The first kappa shape index (κ1) is 15.8. The Balaban J connectivity index is 2.36. The van der Waals surface area contributed by atoms with Crippen molar-refractivity contribution in [2.45, 2.75) is 65.0 Å². The van der Waals surface area contributed by atoms with Crippen LogP contribution in [0.15, 0.2) is 0 Å². The van der Waals surface area contributed by atoms with Gasteiger partial charge >= 0.3 is 6.03 Å². The third kappa shape index (κ3) is 5.09. The van der Waals surface area contributed by atoms with E-state index in [1.807, 2.05) is 13.8 Å². The average molecular weight is 269 g/mol. The molecule has 110 valence electrons. The molecule has 19 heavy (non-hydrogen) atoms. The Morgan fingerprint density at radius 2 is 1.74 bits per heavy atom. The number of amides is 3. The lowest BCUT2D eigenvalue weighted by atomic mass is 9.96. The lowest BCUT2D eigenvalue weighted by molar-refractivity contribution is -0.132. The standard InChI is InChI=1S/C14H27N3O2/c1-4-17(5-2)13(18)11(3)15-14(19)16-12-9-7-6-8-10-12/h11-12H,4-10H2,1-3H3,(H2,15,16,19). The largest absolute Gasteiger partial charge is 0.341 e. The molecular formula is C14H27N3O2. The molecule has 0 saturated heterocycles. The Bertz CT molecular complexity index is 297. The summed E-state index contributed by atoms with van der Waals surface area (Å²) in [5.41, 5.74) is 0. The molecule has 0 aromatic heterocycles. The van der Waals surface area contributed by atoms with E-state index in [1.54, 1.807) is 11.8 Å². The number of nitrogens with one attached hydrogen (secondary N) is 2. The molecule has 0 bridgehead atoms. The van der Waals surface area contributed by atoms with E-state index in [0.717, 1.165) is 12.8 Å². The smallest absolute Gasteiger partial charge is 0.315 e. The SMILES string of the molecule is CCN(CC)C(=O)C(C)NC(=O)NC1CCCCC1. The predicted octanol–water partition coefficient (Wildman–Crippen LogP) is 1.88. The Morgan fingerprint density at radius 1 is 1.16 bits per heavy atom. The van der Waals surface area contributed by atoms with Crippen molar-refractivity contribution in [3.63, 3.8) is 0 Å². The molecule has 0 aliphatic heterocycles. The maximum Gasteiger partial charge on any atom is 0.315 e. The molecule has 1 fully saturated rings. The van der Waals surface area contributed by atoms with E-state index in [1.165, 1.54) is 19.3 Å². The van der Waals surface area contributed by atoms with Crippen LogP contribution >= 0.6 is 0 Å². The van der Waals surface area contributed by atoms with Crippen LogP contribution in [-0.4, -0.2) is 42.0 Å².